The molecule has 2 aliphatic heterocycles. The molecule has 2 heterocycles. The SMILES string of the molecule is CN1CCN(S(=O)(=O)c2ccc(C(C)(C)CCC(C)(C)c3ccc(S(=O)(=O)N4CCCC(CO)C4)cc3)cc2)CC1. The number of hydrogen-bond donors (Lipinski definition) is 1. The molecule has 2 aromatic rings. The first-order valence-corrected chi connectivity index (χ1v) is 17.6. The Morgan fingerprint density at radius 3 is 1.59 bits per heavy atom. The van der Waals surface area contributed by atoms with Crippen molar-refractivity contribution in [3.63, 3.8) is 0 Å². The van der Waals surface area contributed by atoms with Crippen molar-refractivity contribution in [3.8, 4) is 0 Å². The fraction of sp³-hybridized carbons (Fsp3) is 0.613. The molecule has 0 spiro atoms. The molecule has 0 aliphatic carbocycles. The van der Waals surface area contributed by atoms with Crippen molar-refractivity contribution in [1.29, 1.82) is 0 Å². The van der Waals surface area contributed by atoms with Crippen molar-refractivity contribution in [3.05, 3.63) is 59.7 Å². The Morgan fingerprint density at radius 2 is 1.15 bits per heavy atom. The van der Waals surface area contributed by atoms with Crippen molar-refractivity contribution in [1.82, 2.24) is 13.5 Å². The van der Waals surface area contributed by atoms with Gasteiger partial charge in [-0.25, -0.2) is 16.8 Å². The van der Waals surface area contributed by atoms with Gasteiger partial charge in [-0.2, -0.15) is 8.61 Å². The molecule has 0 radical (unpaired) electrons. The van der Waals surface area contributed by atoms with Gasteiger partial charge in [0.05, 0.1) is 9.79 Å². The van der Waals surface area contributed by atoms with Gasteiger partial charge in [-0.1, -0.05) is 52.0 Å². The number of benzene rings is 2. The lowest BCUT2D eigenvalue weighted by atomic mass is 9.73. The van der Waals surface area contributed by atoms with Crippen molar-refractivity contribution >= 4 is 20.0 Å². The number of nitrogens with zero attached hydrogens (tertiary/aromatic N) is 3. The minimum absolute atomic E-state index is 0.00218. The maximum Gasteiger partial charge on any atom is 0.243 e. The molecule has 1 atom stereocenters. The van der Waals surface area contributed by atoms with Crippen molar-refractivity contribution < 1.29 is 21.9 Å². The van der Waals surface area contributed by atoms with Gasteiger partial charge in [-0.3, -0.25) is 0 Å². The molecular formula is C31H47N3O5S2. The molecule has 2 aromatic carbocycles. The van der Waals surface area contributed by atoms with Crippen LogP contribution in [0.25, 0.3) is 0 Å². The van der Waals surface area contributed by atoms with E-state index in [-0.39, 0.29) is 23.4 Å². The van der Waals surface area contributed by atoms with Crippen LogP contribution >= 0.6 is 0 Å². The predicted octanol–water partition coefficient (Wildman–Crippen LogP) is 4.05. The highest BCUT2D eigenvalue weighted by Gasteiger charge is 2.32. The molecule has 0 aromatic heterocycles. The van der Waals surface area contributed by atoms with E-state index in [1.54, 1.807) is 28.6 Å². The van der Waals surface area contributed by atoms with Crippen molar-refractivity contribution in [2.45, 2.75) is 74.0 Å². The quantitative estimate of drug-likeness (QED) is 0.439. The second-order valence-electron chi connectivity index (χ2n) is 13.1. The summed E-state index contributed by atoms with van der Waals surface area (Å²) >= 11 is 0. The minimum Gasteiger partial charge on any atom is -0.396 e. The Kier molecular flexibility index (Phi) is 9.73. The van der Waals surface area contributed by atoms with E-state index in [1.165, 1.54) is 4.31 Å². The van der Waals surface area contributed by atoms with E-state index in [2.05, 4.69) is 32.6 Å². The molecule has 2 aliphatic rings. The molecule has 1 N–H and O–H groups in total. The Morgan fingerprint density at radius 1 is 0.707 bits per heavy atom. The number of hydrogen-bond acceptors (Lipinski definition) is 6. The summed E-state index contributed by atoms with van der Waals surface area (Å²) in [7, 11) is -5.08. The number of aliphatic hydroxyl groups is 1. The lowest BCUT2D eigenvalue weighted by Crippen LogP contribution is -2.47. The van der Waals surface area contributed by atoms with Crippen LogP contribution in [-0.2, 0) is 30.9 Å². The van der Waals surface area contributed by atoms with Gasteiger partial charge in [0.1, 0.15) is 0 Å². The van der Waals surface area contributed by atoms with Gasteiger partial charge in [0.25, 0.3) is 0 Å². The smallest absolute Gasteiger partial charge is 0.243 e. The van der Waals surface area contributed by atoms with E-state index in [9.17, 15) is 21.9 Å². The van der Waals surface area contributed by atoms with Crippen LogP contribution in [0.1, 0.15) is 64.5 Å². The molecule has 8 nitrogen and oxygen atoms in total. The lowest BCUT2D eigenvalue weighted by Gasteiger charge is -2.33. The molecule has 0 saturated carbocycles. The number of sulfonamides is 2. The van der Waals surface area contributed by atoms with Gasteiger partial charge in [0.15, 0.2) is 0 Å². The zero-order valence-electron chi connectivity index (χ0n) is 25.2. The maximum atomic E-state index is 13.2. The Balaban J connectivity index is 1.41. The van der Waals surface area contributed by atoms with Crippen LogP contribution in [-0.4, -0.2) is 88.4 Å². The standard InChI is InChI=1S/C31H47N3O5S2/c1-30(2,26-8-12-28(13-9-26)40(36,37)33-21-19-32(5)20-22-33)16-17-31(3,4)27-10-14-29(15-11-27)41(38,39)34-18-6-7-25(23-34)24-35/h8-15,25,35H,6-7,16-24H2,1-5H3. The van der Waals surface area contributed by atoms with Crippen LogP contribution in [0.3, 0.4) is 0 Å². The predicted molar refractivity (Wildman–Crippen MR) is 163 cm³/mol. The van der Waals surface area contributed by atoms with E-state index >= 15 is 0 Å². The molecule has 0 amide bonds. The van der Waals surface area contributed by atoms with E-state index < -0.39 is 20.0 Å². The van der Waals surface area contributed by atoms with Crippen LogP contribution in [0.2, 0.25) is 0 Å². The number of likely N-dealkylation sites (N-methyl/N-ethyl adjacent to an activating group) is 1. The zero-order valence-corrected chi connectivity index (χ0v) is 26.8. The molecule has 41 heavy (non-hydrogen) atoms. The number of piperidine rings is 1. The summed E-state index contributed by atoms with van der Waals surface area (Å²) in [5, 5.41) is 9.50. The summed E-state index contributed by atoms with van der Waals surface area (Å²) < 4.78 is 55.8. The molecule has 2 fully saturated rings. The maximum absolute atomic E-state index is 13.2. The minimum atomic E-state index is -3.59. The largest absolute Gasteiger partial charge is 0.396 e. The Labute approximate surface area is 247 Å². The Bertz CT molecular complexity index is 1380. The first kappa shape index (κ1) is 32.1. The molecule has 4 rings (SSSR count). The first-order valence-electron chi connectivity index (χ1n) is 14.7. The third-order valence-electron chi connectivity index (χ3n) is 9.12. The van der Waals surface area contributed by atoms with Gasteiger partial charge >= 0.3 is 0 Å². The van der Waals surface area contributed by atoms with E-state index in [1.807, 2.05) is 31.3 Å². The first-order chi connectivity index (χ1) is 19.2. The van der Waals surface area contributed by atoms with Gasteiger partial charge < -0.3 is 10.0 Å². The summed E-state index contributed by atoms with van der Waals surface area (Å²) in [6, 6.07) is 14.6. The van der Waals surface area contributed by atoms with Gasteiger partial charge in [-0.15, -0.1) is 0 Å². The monoisotopic (exact) mass is 605 g/mol. The number of piperazine rings is 1. The van der Waals surface area contributed by atoms with E-state index in [0.29, 0.717) is 36.0 Å². The molecular weight excluding hydrogens is 558 g/mol. The molecule has 2 saturated heterocycles. The molecule has 10 heteroatoms. The summed E-state index contributed by atoms with van der Waals surface area (Å²) in [5.41, 5.74) is 1.81. The topological polar surface area (TPSA) is 98.2 Å². The highest BCUT2D eigenvalue weighted by atomic mass is 32.2. The second kappa shape index (κ2) is 12.4. The fourth-order valence-electron chi connectivity index (χ4n) is 5.79. The average molecular weight is 606 g/mol. The van der Waals surface area contributed by atoms with Crippen LogP contribution in [0.4, 0.5) is 0 Å². The highest BCUT2D eigenvalue weighted by molar-refractivity contribution is 7.89. The molecule has 228 valence electrons. The van der Waals surface area contributed by atoms with Crippen LogP contribution < -0.4 is 0 Å². The fourth-order valence-corrected chi connectivity index (χ4v) is 8.77. The second-order valence-corrected chi connectivity index (χ2v) is 17.0. The van der Waals surface area contributed by atoms with E-state index in [4.69, 9.17) is 0 Å². The Hall–Kier alpha value is -1.82. The summed E-state index contributed by atoms with van der Waals surface area (Å²) in [6.45, 7) is 12.1. The van der Waals surface area contributed by atoms with Gasteiger partial charge in [-0.05, 0) is 84.9 Å². The zero-order chi connectivity index (χ0) is 30.1. The summed E-state index contributed by atoms with van der Waals surface area (Å²) in [4.78, 5) is 2.77. The van der Waals surface area contributed by atoms with Crippen LogP contribution in [0, 0.1) is 5.92 Å². The lowest BCUT2D eigenvalue weighted by molar-refractivity contribution is 0.165. The summed E-state index contributed by atoms with van der Waals surface area (Å²) in [6.07, 6.45) is 3.37. The third-order valence-corrected chi connectivity index (χ3v) is 12.9. The van der Waals surface area contributed by atoms with Gasteiger partial charge in [0.2, 0.25) is 20.0 Å². The van der Waals surface area contributed by atoms with Crippen LogP contribution in [0.5, 0.6) is 0 Å². The highest BCUT2D eigenvalue weighted by Crippen LogP contribution is 2.37. The van der Waals surface area contributed by atoms with Crippen molar-refractivity contribution in [2.75, 3.05) is 52.9 Å². The van der Waals surface area contributed by atoms with Crippen LogP contribution in [0.15, 0.2) is 58.3 Å². The van der Waals surface area contributed by atoms with Crippen molar-refractivity contribution in [2.24, 2.45) is 5.92 Å². The third kappa shape index (κ3) is 7.22. The normalized spacial score (nSPS) is 20.8. The summed E-state index contributed by atoms with van der Waals surface area (Å²) in [5.74, 6) is -0.00218. The number of aliphatic hydroxyl groups excluding tert-OH is 1. The van der Waals surface area contributed by atoms with E-state index in [0.717, 1.165) is 49.9 Å². The molecule has 0 bridgehead atoms. The number of rotatable bonds is 10. The molecule has 1 unspecified atom stereocenters. The van der Waals surface area contributed by atoms with Gasteiger partial charge in [0, 0.05) is 45.9 Å². The average Bonchev–Trinajstić information content (AvgIpc) is 2.96.